The molecule has 0 aliphatic carbocycles. The van der Waals surface area contributed by atoms with Crippen LogP contribution in [0, 0.1) is 6.92 Å². The number of nitrogen functional groups attached to an aromatic ring is 1. The number of carbonyl (C=O) groups excluding carboxylic acids is 1. The molecule has 2 aromatic carbocycles. The van der Waals surface area contributed by atoms with E-state index in [-0.39, 0.29) is 18.5 Å². The van der Waals surface area contributed by atoms with E-state index in [4.69, 9.17) is 33.7 Å². The number of nitrogens with two attached hydrogens (primary N) is 1. The van der Waals surface area contributed by atoms with Crippen molar-refractivity contribution in [2.45, 2.75) is 32.8 Å². The van der Waals surface area contributed by atoms with Gasteiger partial charge in [0.05, 0.1) is 0 Å². The first-order valence-electron chi connectivity index (χ1n) is 10.6. The lowest BCUT2D eigenvalue weighted by molar-refractivity contribution is -0.117. The van der Waals surface area contributed by atoms with Gasteiger partial charge in [-0.15, -0.1) is 0 Å². The van der Waals surface area contributed by atoms with Crippen molar-refractivity contribution in [2.24, 2.45) is 0 Å². The third-order valence-corrected chi connectivity index (χ3v) is 5.78. The second kappa shape index (κ2) is 10.2. The second-order valence-corrected chi connectivity index (χ2v) is 8.63. The lowest BCUT2D eigenvalue weighted by atomic mass is 10.1. The molecule has 3 aromatic rings. The molecule has 33 heavy (non-hydrogen) atoms. The van der Waals surface area contributed by atoms with Gasteiger partial charge in [-0.25, -0.2) is 0 Å². The Morgan fingerprint density at radius 1 is 1.15 bits per heavy atom. The molecule has 3 N–H and O–H groups in total. The molecule has 8 nitrogen and oxygen atoms in total. The standard InChI is InChI=1S/C23H24Cl2N6O2/c1-14-9-17(31-8-2-3-21(31)32)12-18(10-14)33-13-20-28-22(26)30-23(29-20)27-7-6-15-11-16(24)4-5-19(15)25/h4-5,9-12H,2-3,6-8,13H2,1H3,(H3,26,27,28,29,30). The minimum atomic E-state index is 0.0967. The fourth-order valence-corrected chi connectivity index (χ4v) is 4.07. The molecule has 172 valence electrons. The molecule has 0 spiro atoms. The maximum atomic E-state index is 12.1. The Bertz CT molecular complexity index is 1170. The van der Waals surface area contributed by atoms with Gasteiger partial charge in [0.1, 0.15) is 12.4 Å². The lowest BCUT2D eigenvalue weighted by Crippen LogP contribution is -2.23. The van der Waals surface area contributed by atoms with Crippen LogP contribution in [0.4, 0.5) is 17.6 Å². The van der Waals surface area contributed by atoms with Crippen LogP contribution >= 0.6 is 23.2 Å². The van der Waals surface area contributed by atoms with E-state index < -0.39 is 0 Å². The highest BCUT2D eigenvalue weighted by Crippen LogP contribution is 2.28. The van der Waals surface area contributed by atoms with E-state index in [9.17, 15) is 4.79 Å². The topological polar surface area (TPSA) is 106 Å². The number of amides is 1. The van der Waals surface area contributed by atoms with Crippen LogP contribution in [0.3, 0.4) is 0 Å². The summed E-state index contributed by atoms with van der Waals surface area (Å²) in [5, 5.41) is 4.42. The molecule has 2 heterocycles. The highest BCUT2D eigenvalue weighted by Gasteiger charge is 2.22. The van der Waals surface area contributed by atoms with Crippen molar-refractivity contribution in [3.05, 3.63) is 63.4 Å². The average molecular weight is 487 g/mol. The molecule has 0 radical (unpaired) electrons. The Morgan fingerprint density at radius 3 is 2.79 bits per heavy atom. The molecule has 1 fully saturated rings. The molecule has 0 unspecified atom stereocenters. The summed E-state index contributed by atoms with van der Waals surface area (Å²) in [6, 6.07) is 11.1. The van der Waals surface area contributed by atoms with Gasteiger partial charge < -0.3 is 20.7 Å². The number of rotatable bonds is 8. The van der Waals surface area contributed by atoms with Crippen LogP contribution in [0.1, 0.15) is 29.8 Å². The van der Waals surface area contributed by atoms with Crippen LogP contribution < -0.4 is 20.7 Å². The Balaban J connectivity index is 1.39. The Labute approximate surface area is 202 Å². The normalized spacial score (nSPS) is 13.4. The zero-order chi connectivity index (χ0) is 23.4. The van der Waals surface area contributed by atoms with Crippen molar-refractivity contribution >= 4 is 46.7 Å². The number of aryl methyl sites for hydroxylation is 1. The minimum absolute atomic E-state index is 0.0967. The van der Waals surface area contributed by atoms with Crippen LogP contribution in [-0.2, 0) is 17.8 Å². The largest absolute Gasteiger partial charge is 0.486 e. The quantitative estimate of drug-likeness (QED) is 0.484. The average Bonchev–Trinajstić information content (AvgIpc) is 3.20. The van der Waals surface area contributed by atoms with Crippen molar-refractivity contribution in [1.29, 1.82) is 0 Å². The number of anilines is 3. The van der Waals surface area contributed by atoms with E-state index in [1.54, 1.807) is 17.0 Å². The summed E-state index contributed by atoms with van der Waals surface area (Å²) in [5.41, 5.74) is 8.62. The van der Waals surface area contributed by atoms with E-state index in [0.29, 0.717) is 47.0 Å². The fourth-order valence-electron chi connectivity index (χ4n) is 3.66. The summed E-state index contributed by atoms with van der Waals surface area (Å²) in [7, 11) is 0. The number of hydrogen-bond donors (Lipinski definition) is 2. The fraction of sp³-hybridized carbons (Fsp3) is 0.304. The third kappa shape index (κ3) is 6.03. The summed E-state index contributed by atoms with van der Waals surface area (Å²) >= 11 is 12.3. The molecular formula is C23H24Cl2N6O2. The summed E-state index contributed by atoms with van der Waals surface area (Å²) in [6.45, 7) is 3.33. The summed E-state index contributed by atoms with van der Waals surface area (Å²) < 4.78 is 5.91. The minimum Gasteiger partial charge on any atom is -0.486 e. The molecule has 0 bridgehead atoms. The Hall–Kier alpha value is -3.10. The Kier molecular flexibility index (Phi) is 7.15. The van der Waals surface area contributed by atoms with Gasteiger partial charge in [-0.3, -0.25) is 4.79 Å². The highest BCUT2D eigenvalue weighted by atomic mass is 35.5. The van der Waals surface area contributed by atoms with Gasteiger partial charge in [-0.2, -0.15) is 15.0 Å². The zero-order valence-electron chi connectivity index (χ0n) is 18.1. The smallest absolute Gasteiger partial charge is 0.227 e. The van der Waals surface area contributed by atoms with E-state index in [1.807, 2.05) is 31.2 Å². The van der Waals surface area contributed by atoms with Crippen LogP contribution in [0.25, 0.3) is 0 Å². The molecule has 1 aliphatic rings. The SMILES string of the molecule is Cc1cc(OCc2nc(N)nc(NCCc3cc(Cl)ccc3Cl)n2)cc(N2CCCC2=O)c1. The van der Waals surface area contributed by atoms with Crippen molar-refractivity contribution in [3.8, 4) is 5.75 Å². The first kappa shape index (κ1) is 23.1. The van der Waals surface area contributed by atoms with Crippen LogP contribution in [-0.4, -0.2) is 33.9 Å². The maximum absolute atomic E-state index is 12.1. The van der Waals surface area contributed by atoms with Crippen molar-refractivity contribution in [2.75, 3.05) is 29.0 Å². The summed E-state index contributed by atoms with van der Waals surface area (Å²) in [5.74, 6) is 1.61. The number of halogens is 2. The van der Waals surface area contributed by atoms with Gasteiger partial charge in [0, 0.05) is 41.3 Å². The van der Waals surface area contributed by atoms with Gasteiger partial charge in [-0.1, -0.05) is 23.2 Å². The van der Waals surface area contributed by atoms with Gasteiger partial charge >= 0.3 is 0 Å². The van der Waals surface area contributed by atoms with E-state index in [2.05, 4.69) is 20.3 Å². The van der Waals surface area contributed by atoms with Crippen LogP contribution in [0.15, 0.2) is 36.4 Å². The molecule has 10 heteroatoms. The zero-order valence-corrected chi connectivity index (χ0v) is 19.7. The van der Waals surface area contributed by atoms with E-state index in [1.165, 1.54) is 0 Å². The number of nitrogens with one attached hydrogen (secondary N) is 1. The lowest BCUT2D eigenvalue weighted by Gasteiger charge is -2.18. The first-order chi connectivity index (χ1) is 15.9. The second-order valence-electron chi connectivity index (χ2n) is 7.79. The molecule has 1 amide bonds. The number of benzene rings is 2. The monoisotopic (exact) mass is 486 g/mol. The molecule has 1 aromatic heterocycles. The van der Waals surface area contributed by atoms with E-state index >= 15 is 0 Å². The number of nitrogens with zero attached hydrogens (tertiary/aromatic N) is 4. The number of hydrogen-bond acceptors (Lipinski definition) is 7. The Morgan fingerprint density at radius 2 is 2.00 bits per heavy atom. The number of ether oxygens (including phenoxy) is 1. The number of aromatic nitrogens is 3. The summed E-state index contributed by atoms with van der Waals surface area (Å²) in [6.07, 6.45) is 2.08. The molecule has 0 saturated carbocycles. The maximum Gasteiger partial charge on any atom is 0.227 e. The molecule has 1 aliphatic heterocycles. The van der Waals surface area contributed by atoms with Gasteiger partial charge in [0.2, 0.25) is 17.8 Å². The van der Waals surface area contributed by atoms with Crippen molar-refractivity contribution < 1.29 is 9.53 Å². The molecule has 0 atom stereocenters. The van der Waals surface area contributed by atoms with Gasteiger partial charge in [0.25, 0.3) is 0 Å². The molecule has 4 rings (SSSR count). The van der Waals surface area contributed by atoms with Gasteiger partial charge in [-0.05, 0) is 61.2 Å². The van der Waals surface area contributed by atoms with Crippen molar-refractivity contribution in [1.82, 2.24) is 15.0 Å². The van der Waals surface area contributed by atoms with Crippen molar-refractivity contribution in [3.63, 3.8) is 0 Å². The summed E-state index contributed by atoms with van der Waals surface area (Å²) in [4.78, 5) is 26.6. The molecule has 1 saturated heterocycles. The first-order valence-corrected chi connectivity index (χ1v) is 11.4. The number of carbonyl (C=O) groups is 1. The molecular weight excluding hydrogens is 463 g/mol. The van der Waals surface area contributed by atoms with E-state index in [0.717, 1.165) is 29.8 Å². The predicted octanol–water partition coefficient (Wildman–Crippen LogP) is 4.43. The highest BCUT2D eigenvalue weighted by molar-refractivity contribution is 6.33. The van der Waals surface area contributed by atoms with Gasteiger partial charge in [0.15, 0.2) is 5.82 Å². The van der Waals surface area contributed by atoms with Crippen LogP contribution in [0.2, 0.25) is 10.0 Å². The third-order valence-electron chi connectivity index (χ3n) is 5.17. The van der Waals surface area contributed by atoms with Crippen LogP contribution in [0.5, 0.6) is 5.75 Å². The predicted molar refractivity (Wildman–Crippen MR) is 130 cm³/mol.